The Morgan fingerprint density at radius 2 is 1.95 bits per heavy atom. The zero-order valence-electron chi connectivity index (χ0n) is 13.1. The molecule has 0 saturated heterocycles. The highest BCUT2D eigenvalue weighted by molar-refractivity contribution is 8.00. The van der Waals surface area contributed by atoms with Crippen LogP contribution in [0.25, 0.3) is 10.9 Å². The molecule has 3 amide bonds. The van der Waals surface area contributed by atoms with Crippen molar-refractivity contribution < 1.29 is 9.59 Å². The molecule has 6 heteroatoms. The van der Waals surface area contributed by atoms with Crippen LogP contribution in [0.15, 0.2) is 29.3 Å². The summed E-state index contributed by atoms with van der Waals surface area (Å²) in [6, 6.07) is 7.54. The van der Waals surface area contributed by atoms with Crippen molar-refractivity contribution in [2.24, 2.45) is 0 Å². The van der Waals surface area contributed by atoms with Crippen molar-refractivity contribution >= 4 is 34.6 Å². The van der Waals surface area contributed by atoms with E-state index >= 15 is 0 Å². The lowest BCUT2D eigenvalue weighted by molar-refractivity contribution is -0.119. The van der Waals surface area contributed by atoms with Gasteiger partial charge >= 0.3 is 6.03 Å². The number of carbonyl (C=O) groups is 2. The Morgan fingerprint density at radius 1 is 1.23 bits per heavy atom. The highest BCUT2D eigenvalue weighted by Gasteiger charge is 2.18. The molecule has 2 aromatic rings. The van der Waals surface area contributed by atoms with Crippen molar-refractivity contribution in [3.05, 3.63) is 35.4 Å². The number of para-hydroxylation sites is 1. The van der Waals surface area contributed by atoms with Gasteiger partial charge in [0.05, 0.1) is 15.8 Å². The number of aromatic nitrogens is 1. The summed E-state index contributed by atoms with van der Waals surface area (Å²) in [6.07, 6.45) is 0. The molecule has 0 fully saturated rings. The van der Waals surface area contributed by atoms with Gasteiger partial charge in [0, 0.05) is 12.4 Å². The number of fused-ring (bicyclic) bond motifs is 1. The maximum absolute atomic E-state index is 11.9. The lowest BCUT2D eigenvalue weighted by Gasteiger charge is -2.12. The normalized spacial score (nSPS) is 12.0. The van der Waals surface area contributed by atoms with Gasteiger partial charge in [0.25, 0.3) is 0 Å². The number of imide groups is 1. The van der Waals surface area contributed by atoms with Crippen molar-refractivity contribution in [1.82, 2.24) is 15.6 Å². The summed E-state index contributed by atoms with van der Waals surface area (Å²) < 4.78 is 0. The smallest absolute Gasteiger partial charge is 0.321 e. The molecule has 0 radical (unpaired) electrons. The molecule has 1 atom stereocenters. The van der Waals surface area contributed by atoms with Crippen LogP contribution in [0, 0.1) is 13.8 Å². The largest absolute Gasteiger partial charge is 0.341 e. The standard InChI is InChI=1S/C16H19N3O2S/c1-9-6-5-7-12-10(2)8-13(18-14(9)12)22-11(3)15(20)19-16(21)17-4/h5-8,11H,1-4H3,(H2,17,19,20,21)/t11-/m0/s1. The number of urea groups is 1. The van der Waals surface area contributed by atoms with Crippen molar-refractivity contribution in [1.29, 1.82) is 0 Å². The van der Waals surface area contributed by atoms with Crippen molar-refractivity contribution in [3.8, 4) is 0 Å². The molecule has 2 N–H and O–H groups in total. The molecule has 0 bridgehead atoms. The minimum Gasteiger partial charge on any atom is -0.341 e. The van der Waals surface area contributed by atoms with Crippen LogP contribution >= 0.6 is 11.8 Å². The number of hydrogen-bond donors (Lipinski definition) is 2. The number of nitrogens with one attached hydrogen (secondary N) is 2. The van der Waals surface area contributed by atoms with Gasteiger partial charge in [-0.3, -0.25) is 10.1 Å². The fraction of sp³-hybridized carbons (Fsp3) is 0.312. The molecule has 0 unspecified atom stereocenters. The summed E-state index contributed by atoms with van der Waals surface area (Å²) in [7, 11) is 1.47. The lowest BCUT2D eigenvalue weighted by atomic mass is 10.1. The first-order valence-electron chi connectivity index (χ1n) is 6.98. The maximum Gasteiger partial charge on any atom is 0.321 e. The molecule has 1 aromatic heterocycles. The van der Waals surface area contributed by atoms with Gasteiger partial charge in [0.15, 0.2) is 0 Å². The number of benzene rings is 1. The molecule has 0 aliphatic carbocycles. The Balaban J connectivity index is 2.23. The van der Waals surface area contributed by atoms with E-state index in [0.717, 1.165) is 27.1 Å². The molecule has 0 aliphatic rings. The number of aryl methyl sites for hydroxylation is 2. The van der Waals surface area contributed by atoms with Crippen LogP contribution in [0.5, 0.6) is 0 Å². The van der Waals surface area contributed by atoms with Crippen molar-refractivity contribution in [3.63, 3.8) is 0 Å². The van der Waals surface area contributed by atoms with Crippen LogP contribution in [-0.4, -0.2) is 29.2 Å². The molecule has 1 heterocycles. The van der Waals surface area contributed by atoms with E-state index in [2.05, 4.69) is 15.6 Å². The third-order valence-electron chi connectivity index (χ3n) is 3.36. The Hall–Kier alpha value is -2.08. The van der Waals surface area contributed by atoms with Crippen LogP contribution in [0.2, 0.25) is 0 Å². The van der Waals surface area contributed by atoms with E-state index in [-0.39, 0.29) is 5.91 Å². The van der Waals surface area contributed by atoms with Crippen molar-refractivity contribution in [2.75, 3.05) is 7.05 Å². The highest BCUT2D eigenvalue weighted by Crippen LogP contribution is 2.28. The van der Waals surface area contributed by atoms with E-state index in [1.807, 2.05) is 38.1 Å². The van der Waals surface area contributed by atoms with Gasteiger partial charge in [-0.1, -0.05) is 30.0 Å². The average molecular weight is 317 g/mol. The number of thioether (sulfide) groups is 1. The topological polar surface area (TPSA) is 71.1 Å². The number of carbonyl (C=O) groups excluding carboxylic acids is 2. The third-order valence-corrected chi connectivity index (χ3v) is 4.37. The monoisotopic (exact) mass is 317 g/mol. The molecular weight excluding hydrogens is 298 g/mol. The first kappa shape index (κ1) is 16.3. The van der Waals surface area contributed by atoms with Gasteiger partial charge in [-0.05, 0) is 38.0 Å². The summed E-state index contributed by atoms with van der Waals surface area (Å²) >= 11 is 1.34. The third kappa shape index (κ3) is 3.57. The summed E-state index contributed by atoms with van der Waals surface area (Å²) in [4.78, 5) is 27.7. The van der Waals surface area contributed by atoms with Gasteiger partial charge < -0.3 is 5.32 Å². The van der Waals surface area contributed by atoms with Crippen molar-refractivity contribution in [2.45, 2.75) is 31.0 Å². The van der Waals surface area contributed by atoms with Gasteiger partial charge in [0.1, 0.15) is 0 Å². The number of pyridine rings is 1. The molecule has 1 aromatic carbocycles. The molecule has 2 rings (SSSR count). The molecule has 116 valence electrons. The number of hydrogen-bond acceptors (Lipinski definition) is 4. The van der Waals surface area contributed by atoms with Crippen LogP contribution < -0.4 is 10.6 Å². The minimum absolute atomic E-state index is 0.339. The van der Waals surface area contributed by atoms with Gasteiger partial charge in [-0.15, -0.1) is 0 Å². The van der Waals surface area contributed by atoms with Gasteiger partial charge in [0.2, 0.25) is 5.91 Å². The summed E-state index contributed by atoms with van der Waals surface area (Å²) in [6.45, 7) is 5.80. The minimum atomic E-state index is -0.504. The SMILES string of the molecule is CNC(=O)NC(=O)[C@H](C)Sc1cc(C)c2cccc(C)c2n1. The molecular formula is C16H19N3O2S. The van der Waals surface area contributed by atoms with E-state index in [0.29, 0.717) is 0 Å². The molecule has 22 heavy (non-hydrogen) atoms. The zero-order chi connectivity index (χ0) is 16.3. The first-order chi connectivity index (χ1) is 10.4. The number of rotatable bonds is 3. The van der Waals surface area contributed by atoms with Crippen LogP contribution in [0.1, 0.15) is 18.1 Å². The van der Waals surface area contributed by atoms with E-state index in [9.17, 15) is 9.59 Å². The number of nitrogens with zero attached hydrogens (tertiary/aromatic N) is 1. The second-order valence-corrected chi connectivity index (χ2v) is 6.44. The van der Waals surface area contributed by atoms with Crippen LogP contribution in [-0.2, 0) is 4.79 Å². The first-order valence-corrected chi connectivity index (χ1v) is 7.86. The summed E-state index contributed by atoms with van der Waals surface area (Å²) in [5, 5.41) is 6.12. The zero-order valence-corrected chi connectivity index (χ0v) is 13.9. The van der Waals surface area contributed by atoms with Gasteiger partial charge in [-0.25, -0.2) is 9.78 Å². The fourth-order valence-electron chi connectivity index (χ4n) is 2.10. The Kier molecular flexibility index (Phi) is 5.03. The summed E-state index contributed by atoms with van der Waals surface area (Å²) in [5.74, 6) is -0.339. The van der Waals surface area contributed by atoms with Gasteiger partial charge in [-0.2, -0.15) is 0 Å². The molecule has 5 nitrogen and oxygen atoms in total. The predicted molar refractivity (Wildman–Crippen MR) is 89.1 cm³/mol. The van der Waals surface area contributed by atoms with E-state index < -0.39 is 11.3 Å². The summed E-state index contributed by atoms with van der Waals surface area (Å²) in [5.41, 5.74) is 3.17. The predicted octanol–water partition coefficient (Wildman–Crippen LogP) is 2.79. The van der Waals surface area contributed by atoms with E-state index in [1.165, 1.54) is 18.8 Å². The second kappa shape index (κ2) is 6.79. The molecule has 0 saturated carbocycles. The van der Waals surface area contributed by atoms with E-state index in [1.54, 1.807) is 6.92 Å². The molecule has 0 aliphatic heterocycles. The van der Waals surface area contributed by atoms with Crippen LogP contribution in [0.4, 0.5) is 4.79 Å². The maximum atomic E-state index is 11.9. The fourth-order valence-corrected chi connectivity index (χ4v) is 3.02. The highest BCUT2D eigenvalue weighted by atomic mass is 32.2. The number of amides is 3. The lowest BCUT2D eigenvalue weighted by Crippen LogP contribution is -2.41. The molecule has 0 spiro atoms. The second-order valence-electron chi connectivity index (χ2n) is 5.08. The van der Waals surface area contributed by atoms with E-state index in [4.69, 9.17) is 0 Å². The Morgan fingerprint density at radius 3 is 2.64 bits per heavy atom. The quantitative estimate of drug-likeness (QED) is 0.854. The average Bonchev–Trinajstić information content (AvgIpc) is 2.48. The Bertz CT molecular complexity index is 731. The van der Waals surface area contributed by atoms with Crippen LogP contribution in [0.3, 0.4) is 0 Å². The Labute approximate surface area is 133 Å².